The van der Waals surface area contributed by atoms with Crippen molar-refractivity contribution in [2.24, 2.45) is 0 Å². The van der Waals surface area contributed by atoms with E-state index in [-0.39, 0.29) is 0 Å². The molecule has 4 heteroatoms. The van der Waals surface area contributed by atoms with Gasteiger partial charge in [0.1, 0.15) is 5.75 Å². The molecule has 0 radical (unpaired) electrons. The van der Waals surface area contributed by atoms with E-state index in [1.807, 2.05) is 0 Å². The number of hydrogen-bond acceptors (Lipinski definition) is 4. The van der Waals surface area contributed by atoms with E-state index in [2.05, 4.69) is 120 Å². The van der Waals surface area contributed by atoms with Crippen molar-refractivity contribution in [2.45, 2.75) is 13.0 Å². The quantitative estimate of drug-likeness (QED) is 0.394. The van der Waals surface area contributed by atoms with Gasteiger partial charge in [-0.15, -0.1) is 0 Å². The summed E-state index contributed by atoms with van der Waals surface area (Å²) < 4.78 is 5.39. The summed E-state index contributed by atoms with van der Waals surface area (Å²) in [7, 11) is 3.94. The van der Waals surface area contributed by atoms with E-state index in [1.54, 1.807) is 7.11 Å². The van der Waals surface area contributed by atoms with Crippen LogP contribution in [0.2, 0.25) is 0 Å². The minimum absolute atomic E-state index is 0.303. The van der Waals surface area contributed by atoms with Gasteiger partial charge in [-0.25, -0.2) is 0 Å². The third-order valence-electron chi connectivity index (χ3n) is 7.14. The number of rotatable bonds is 10. The second kappa shape index (κ2) is 12.7. The molecule has 1 aliphatic rings. The summed E-state index contributed by atoms with van der Waals surface area (Å²) in [5.74, 6) is 0.903. The summed E-state index contributed by atoms with van der Waals surface area (Å²) in [6, 6.07) is 30.3. The maximum atomic E-state index is 5.39. The standard InChI is InChI=1S/C31H39N3O/c1-26(27-14-16-30(35-3)17-15-27)34(25-24-33-22-20-32(2)21-23-33)19-18-31(28-10-6-4-7-11-28)29-12-8-5-9-13-29/h4-18,26H,19-25H2,1-3H3/t26-/m0/s1. The van der Waals surface area contributed by atoms with Crippen LogP contribution in [0.15, 0.2) is 91.0 Å². The van der Waals surface area contributed by atoms with Gasteiger partial charge in [0.2, 0.25) is 0 Å². The molecule has 3 aromatic carbocycles. The Morgan fingerprint density at radius 2 is 1.43 bits per heavy atom. The van der Waals surface area contributed by atoms with E-state index in [0.717, 1.165) is 51.6 Å². The molecule has 0 spiro atoms. The first-order valence-electron chi connectivity index (χ1n) is 12.7. The van der Waals surface area contributed by atoms with E-state index in [1.165, 1.54) is 22.3 Å². The number of nitrogens with zero attached hydrogens (tertiary/aromatic N) is 3. The number of methoxy groups -OCH3 is 1. The molecule has 1 aliphatic heterocycles. The van der Waals surface area contributed by atoms with E-state index >= 15 is 0 Å². The summed E-state index contributed by atoms with van der Waals surface area (Å²) >= 11 is 0. The minimum Gasteiger partial charge on any atom is -0.497 e. The molecule has 0 amide bonds. The molecule has 1 heterocycles. The lowest BCUT2D eigenvalue weighted by Crippen LogP contribution is -2.47. The van der Waals surface area contributed by atoms with Crippen LogP contribution in [-0.2, 0) is 0 Å². The van der Waals surface area contributed by atoms with Gasteiger partial charge in [-0.05, 0) is 48.4 Å². The fourth-order valence-corrected chi connectivity index (χ4v) is 4.72. The Balaban J connectivity index is 1.57. The lowest BCUT2D eigenvalue weighted by atomic mass is 9.97. The number of benzene rings is 3. The topological polar surface area (TPSA) is 19.0 Å². The second-order valence-corrected chi connectivity index (χ2v) is 9.44. The summed E-state index contributed by atoms with van der Waals surface area (Å²) in [6.45, 7) is 9.94. The Morgan fingerprint density at radius 3 is 1.97 bits per heavy atom. The summed E-state index contributed by atoms with van der Waals surface area (Å²) in [5, 5.41) is 0. The number of hydrogen-bond donors (Lipinski definition) is 0. The zero-order valence-corrected chi connectivity index (χ0v) is 21.4. The fraction of sp³-hybridized carbons (Fsp3) is 0.355. The Labute approximate surface area is 211 Å². The van der Waals surface area contributed by atoms with Crippen LogP contribution in [0.4, 0.5) is 0 Å². The minimum atomic E-state index is 0.303. The van der Waals surface area contributed by atoms with Crippen LogP contribution in [-0.4, -0.2) is 74.7 Å². The van der Waals surface area contributed by atoms with Gasteiger partial charge in [0.15, 0.2) is 0 Å². The van der Waals surface area contributed by atoms with Gasteiger partial charge in [-0.2, -0.15) is 0 Å². The van der Waals surface area contributed by atoms with Crippen LogP contribution in [0.5, 0.6) is 5.75 Å². The first kappa shape index (κ1) is 25.2. The molecule has 1 saturated heterocycles. The highest BCUT2D eigenvalue weighted by molar-refractivity contribution is 5.79. The number of piperazine rings is 1. The zero-order chi connectivity index (χ0) is 24.5. The van der Waals surface area contributed by atoms with Crippen LogP contribution in [0.25, 0.3) is 5.57 Å². The van der Waals surface area contributed by atoms with E-state index in [0.29, 0.717) is 6.04 Å². The maximum absolute atomic E-state index is 5.39. The van der Waals surface area contributed by atoms with Gasteiger partial charge in [-0.3, -0.25) is 9.80 Å². The van der Waals surface area contributed by atoms with E-state index in [9.17, 15) is 0 Å². The van der Waals surface area contributed by atoms with Crippen molar-refractivity contribution in [3.8, 4) is 5.75 Å². The van der Waals surface area contributed by atoms with Crippen molar-refractivity contribution in [3.05, 3.63) is 108 Å². The molecular formula is C31H39N3O. The van der Waals surface area contributed by atoms with Crippen molar-refractivity contribution >= 4 is 5.57 Å². The molecule has 0 aliphatic carbocycles. The van der Waals surface area contributed by atoms with Crippen molar-refractivity contribution in [1.82, 2.24) is 14.7 Å². The smallest absolute Gasteiger partial charge is 0.118 e. The molecule has 0 bridgehead atoms. The summed E-state index contributed by atoms with van der Waals surface area (Å²) in [6.07, 6.45) is 2.41. The molecule has 4 rings (SSSR count). The van der Waals surface area contributed by atoms with E-state index in [4.69, 9.17) is 4.74 Å². The fourth-order valence-electron chi connectivity index (χ4n) is 4.72. The molecule has 3 aromatic rings. The molecule has 184 valence electrons. The monoisotopic (exact) mass is 469 g/mol. The van der Waals surface area contributed by atoms with Crippen molar-refractivity contribution in [3.63, 3.8) is 0 Å². The van der Waals surface area contributed by atoms with Crippen LogP contribution in [0.3, 0.4) is 0 Å². The largest absolute Gasteiger partial charge is 0.497 e. The Morgan fingerprint density at radius 1 is 0.857 bits per heavy atom. The number of likely N-dealkylation sites (N-methyl/N-ethyl adjacent to an activating group) is 1. The summed E-state index contributed by atoms with van der Waals surface area (Å²) in [4.78, 5) is 7.63. The van der Waals surface area contributed by atoms with Gasteiger partial charge in [0.05, 0.1) is 7.11 Å². The van der Waals surface area contributed by atoms with Gasteiger partial charge < -0.3 is 9.64 Å². The first-order valence-corrected chi connectivity index (χ1v) is 12.7. The zero-order valence-electron chi connectivity index (χ0n) is 21.4. The molecule has 1 atom stereocenters. The third-order valence-corrected chi connectivity index (χ3v) is 7.14. The molecule has 0 aromatic heterocycles. The van der Waals surface area contributed by atoms with Crippen LogP contribution in [0.1, 0.15) is 29.7 Å². The van der Waals surface area contributed by atoms with Crippen molar-refractivity contribution in [2.75, 3.05) is 60.0 Å². The van der Waals surface area contributed by atoms with Crippen LogP contribution >= 0.6 is 0 Å². The first-order chi connectivity index (χ1) is 17.1. The molecule has 4 nitrogen and oxygen atoms in total. The van der Waals surface area contributed by atoms with Gasteiger partial charge in [-0.1, -0.05) is 78.9 Å². The van der Waals surface area contributed by atoms with Crippen LogP contribution in [0, 0.1) is 0 Å². The van der Waals surface area contributed by atoms with Gasteiger partial charge in [0.25, 0.3) is 0 Å². The van der Waals surface area contributed by atoms with Crippen molar-refractivity contribution in [1.29, 1.82) is 0 Å². The van der Waals surface area contributed by atoms with Gasteiger partial charge >= 0.3 is 0 Å². The molecule has 0 unspecified atom stereocenters. The Kier molecular flexibility index (Phi) is 9.13. The number of ether oxygens (including phenoxy) is 1. The average Bonchev–Trinajstić information content (AvgIpc) is 2.92. The van der Waals surface area contributed by atoms with Crippen molar-refractivity contribution < 1.29 is 4.74 Å². The summed E-state index contributed by atoms with van der Waals surface area (Å²) in [5.41, 5.74) is 5.13. The second-order valence-electron chi connectivity index (χ2n) is 9.44. The lowest BCUT2D eigenvalue weighted by Gasteiger charge is -2.35. The highest BCUT2D eigenvalue weighted by atomic mass is 16.5. The van der Waals surface area contributed by atoms with E-state index < -0.39 is 0 Å². The predicted octanol–water partition coefficient (Wildman–Crippen LogP) is 5.44. The molecule has 1 fully saturated rings. The molecule has 0 N–H and O–H groups in total. The average molecular weight is 470 g/mol. The molecular weight excluding hydrogens is 430 g/mol. The predicted molar refractivity (Wildman–Crippen MR) is 147 cm³/mol. The lowest BCUT2D eigenvalue weighted by molar-refractivity contribution is 0.127. The maximum Gasteiger partial charge on any atom is 0.118 e. The molecule has 35 heavy (non-hydrogen) atoms. The Hall–Kier alpha value is -2.92. The highest BCUT2D eigenvalue weighted by Crippen LogP contribution is 2.26. The van der Waals surface area contributed by atoms with Crippen LogP contribution < -0.4 is 4.74 Å². The Bertz CT molecular complexity index is 1000. The SMILES string of the molecule is COc1ccc([C@H](C)N(CC=C(c2ccccc2)c2ccccc2)CCN2CCN(C)CC2)cc1. The third kappa shape index (κ3) is 7.04. The molecule has 0 saturated carbocycles. The normalized spacial score (nSPS) is 15.7. The highest BCUT2D eigenvalue weighted by Gasteiger charge is 2.19. The van der Waals surface area contributed by atoms with Gasteiger partial charge in [0, 0.05) is 51.9 Å².